The van der Waals surface area contributed by atoms with E-state index in [4.69, 9.17) is 0 Å². The molecule has 0 aliphatic carbocycles. The Morgan fingerprint density at radius 1 is 0.477 bits per heavy atom. The van der Waals surface area contributed by atoms with Crippen molar-refractivity contribution in [2.45, 2.75) is 6.92 Å². The molecule has 0 bridgehead atoms. The Kier molecular flexibility index (Phi) is 6.84. The molecule has 0 spiro atoms. The second-order valence-corrected chi connectivity index (χ2v) is 11.0. The minimum absolute atomic E-state index is 0.430. The molecule has 7 aromatic carbocycles. The molecule has 3 nitrogen and oxygen atoms in total. The molecule has 0 unspecified atom stereocenters. The van der Waals surface area contributed by atoms with Crippen molar-refractivity contribution in [2.75, 3.05) is 4.90 Å². The first-order chi connectivity index (χ1) is 21.6. The van der Waals surface area contributed by atoms with Crippen LogP contribution in [0.25, 0.3) is 44.5 Å². The van der Waals surface area contributed by atoms with Gasteiger partial charge >= 0.3 is 0 Å². The molecule has 0 aliphatic heterocycles. The molecular formula is C41H27N3. The summed E-state index contributed by atoms with van der Waals surface area (Å²) in [7, 11) is 0. The topological polar surface area (TPSA) is 50.8 Å². The maximum Gasteiger partial charge on any atom is 0.101 e. The lowest BCUT2D eigenvalue weighted by Gasteiger charge is -2.26. The van der Waals surface area contributed by atoms with Gasteiger partial charge in [0.05, 0.1) is 11.1 Å². The van der Waals surface area contributed by atoms with E-state index in [0.717, 1.165) is 55.3 Å². The van der Waals surface area contributed by atoms with Gasteiger partial charge in [-0.1, -0.05) is 109 Å². The van der Waals surface area contributed by atoms with Crippen molar-refractivity contribution >= 4 is 61.5 Å². The molecule has 0 fully saturated rings. The van der Waals surface area contributed by atoms with E-state index < -0.39 is 0 Å². The van der Waals surface area contributed by atoms with Crippen LogP contribution in [-0.2, 0) is 0 Å². The fraction of sp³-hybridized carbons (Fsp3) is 0.0244. The van der Waals surface area contributed by atoms with Crippen LogP contribution in [0.2, 0.25) is 0 Å². The van der Waals surface area contributed by atoms with Crippen LogP contribution in [0, 0.1) is 29.6 Å². The van der Waals surface area contributed by atoms with Crippen LogP contribution in [0.4, 0.5) is 17.1 Å². The Balaban J connectivity index is 1.25. The maximum absolute atomic E-state index is 9.92. The van der Waals surface area contributed by atoms with Gasteiger partial charge in [0, 0.05) is 27.8 Å². The van der Waals surface area contributed by atoms with Crippen LogP contribution in [0.15, 0.2) is 133 Å². The second kappa shape index (κ2) is 11.3. The minimum atomic E-state index is 0.430. The Morgan fingerprint density at radius 2 is 1.05 bits per heavy atom. The van der Waals surface area contributed by atoms with Gasteiger partial charge in [-0.25, -0.2) is 0 Å². The summed E-state index contributed by atoms with van der Waals surface area (Å²) < 4.78 is 0. The van der Waals surface area contributed by atoms with E-state index in [2.05, 4.69) is 132 Å². The van der Waals surface area contributed by atoms with Crippen LogP contribution in [0.1, 0.15) is 27.8 Å². The number of rotatable bonds is 5. The first kappa shape index (κ1) is 26.7. The number of hydrogen-bond donors (Lipinski definition) is 0. The molecular weight excluding hydrogens is 534 g/mol. The zero-order valence-electron chi connectivity index (χ0n) is 24.2. The van der Waals surface area contributed by atoms with E-state index in [1.807, 2.05) is 37.3 Å². The van der Waals surface area contributed by atoms with Crippen molar-refractivity contribution in [1.29, 1.82) is 10.5 Å². The number of nitrogens with zero attached hydrogens (tertiary/aromatic N) is 3. The normalized spacial score (nSPS) is 11.2. The molecule has 0 aromatic heterocycles. The Labute approximate surface area is 256 Å². The first-order valence-corrected chi connectivity index (χ1v) is 14.6. The van der Waals surface area contributed by atoms with Crippen molar-refractivity contribution < 1.29 is 0 Å². The van der Waals surface area contributed by atoms with Crippen molar-refractivity contribution in [3.05, 3.63) is 161 Å². The molecule has 0 radical (unpaired) electrons. The summed E-state index contributed by atoms with van der Waals surface area (Å²) in [4.78, 5) is 2.28. The lowest BCUT2D eigenvalue weighted by Crippen LogP contribution is -2.09. The molecule has 0 saturated carbocycles. The molecule has 7 aromatic rings. The van der Waals surface area contributed by atoms with E-state index in [1.54, 1.807) is 0 Å². The maximum atomic E-state index is 9.92. The van der Waals surface area contributed by atoms with Crippen molar-refractivity contribution in [3.63, 3.8) is 0 Å². The summed E-state index contributed by atoms with van der Waals surface area (Å²) in [5.74, 6) is 0. The molecule has 44 heavy (non-hydrogen) atoms. The highest BCUT2D eigenvalue weighted by atomic mass is 15.1. The number of fused-ring (bicyclic) bond motifs is 4. The highest BCUT2D eigenvalue weighted by Gasteiger charge is 2.15. The summed E-state index contributed by atoms with van der Waals surface area (Å²) in [6.45, 7) is 2.04. The number of hydrogen-bond acceptors (Lipinski definition) is 3. The van der Waals surface area contributed by atoms with Gasteiger partial charge in [-0.3, -0.25) is 0 Å². The van der Waals surface area contributed by atoms with Gasteiger partial charge in [0.2, 0.25) is 0 Å². The van der Waals surface area contributed by atoms with E-state index in [1.165, 1.54) is 10.8 Å². The summed E-state index contributed by atoms with van der Waals surface area (Å²) in [6.07, 6.45) is 4.20. The fourth-order valence-electron chi connectivity index (χ4n) is 5.97. The summed E-state index contributed by atoms with van der Waals surface area (Å²) in [6, 6.07) is 50.7. The highest BCUT2D eigenvalue weighted by molar-refractivity contribution is 6.13. The van der Waals surface area contributed by atoms with Crippen LogP contribution < -0.4 is 4.90 Å². The molecule has 7 rings (SSSR count). The van der Waals surface area contributed by atoms with Gasteiger partial charge in [0.15, 0.2) is 0 Å². The molecule has 0 aliphatic rings. The average Bonchev–Trinajstić information content (AvgIpc) is 3.07. The second-order valence-electron chi connectivity index (χ2n) is 11.0. The minimum Gasteiger partial charge on any atom is -0.310 e. The van der Waals surface area contributed by atoms with E-state index >= 15 is 0 Å². The van der Waals surface area contributed by atoms with Gasteiger partial charge in [0.25, 0.3) is 0 Å². The average molecular weight is 562 g/mol. The molecule has 0 amide bonds. The quantitative estimate of drug-likeness (QED) is 0.155. The number of aryl methyl sites for hydroxylation is 1. The van der Waals surface area contributed by atoms with Crippen LogP contribution >= 0.6 is 0 Å². The summed E-state index contributed by atoms with van der Waals surface area (Å²) in [5.41, 5.74) is 7.37. The lowest BCUT2D eigenvalue weighted by molar-refractivity contribution is 1.29. The van der Waals surface area contributed by atoms with Crippen molar-refractivity contribution in [2.24, 2.45) is 0 Å². The molecule has 206 valence electrons. The Hall–Kier alpha value is -6.16. The summed E-state index contributed by atoms with van der Waals surface area (Å²) in [5, 5.41) is 25.8. The molecule has 0 saturated heterocycles. The SMILES string of the molecule is Cc1ccc2c(C#N)c(C#N)c3ccc(/C=C\c4ccc(N(c5ccccc5)c5ccc6ccccc6c5)cc4)cc3c2c1. The zero-order valence-corrected chi connectivity index (χ0v) is 24.2. The van der Waals surface area contributed by atoms with Crippen LogP contribution in [0.3, 0.4) is 0 Å². The molecule has 0 heterocycles. The van der Waals surface area contributed by atoms with Crippen molar-refractivity contribution in [1.82, 2.24) is 0 Å². The predicted molar refractivity (Wildman–Crippen MR) is 183 cm³/mol. The van der Waals surface area contributed by atoms with E-state index in [0.29, 0.717) is 11.1 Å². The molecule has 0 atom stereocenters. The third-order valence-electron chi connectivity index (χ3n) is 8.15. The van der Waals surface area contributed by atoms with Gasteiger partial charge in [-0.15, -0.1) is 0 Å². The van der Waals surface area contributed by atoms with E-state index in [9.17, 15) is 10.5 Å². The van der Waals surface area contributed by atoms with Crippen LogP contribution in [0.5, 0.6) is 0 Å². The highest BCUT2D eigenvalue weighted by Crippen LogP contribution is 2.37. The number of nitriles is 2. The molecule has 0 N–H and O–H groups in total. The van der Waals surface area contributed by atoms with Gasteiger partial charge in [0.1, 0.15) is 12.1 Å². The van der Waals surface area contributed by atoms with Gasteiger partial charge in [-0.05, 0) is 82.1 Å². The number of benzene rings is 7. The monoisotopic (exact) mass is 561 g/mol. The van der Waals surface area contributed by atoms with E-state index in [-0.39, 0.29) is 0 Å². The largest absolute Gasteiger partial charge is 0.310 e. The third-order valence-corrected chi connectivity index (χ3v) is 8.15. The predicted octanol–water partition coefficient (Wildman–Crippen LogP) is 10.8. The Morgan fingerprint density at radius 3 is 1.77 bits per heavy atom. The summed E-state index contributed by atoms with van der Waals surface area (Å²) >= 11 is 0. The number of para-hydroxylation sites is 1. The lowest BCUT2D eigenvalue weighted by atomic mass is 9.91. The molecule has 3 heteroatoms. The van der Waals surface area contributed by atoms with Gasteiger partial charge in [-0.2, -0.15) is 10.5 Å². The standard InChI is InChI=1S/C41H27N3/c1-28-11-21-36-38(23-28)39-24-30(16-22-37(39)41(27-43)40(36)26-42)13-12-29-14-18-34(19-15-29)44(33-9-3-2-4-10-33)35-20-17-31-7-5-6-8-32(31)25-35/h2-25H,1H3/b13-12-. The van der Waals surface area contributed by atoms with Crippen LogP contribution in [-0.4, -0.2) is 0 Å². The van der Waals surface area contributed by atoms with Gasteiger partial charge < -0.3 is 4.90 Å². The van der Waals surface area contributed by atoms with Crippen molar-refractivity contribution in [3.8, 4) is 12.1 Å². The number of anilines is 3. The smallest absolute Gasteiger partial charge is 0.101 e. The zero-order chi connectivity index (χ0) is 30.0. The Bertz CT molecular complexity index is 2300. The fourth-order valence-corrected chi connectivity index (χ4v) is 5.97. The third kappa shape index (κ3) is 4.84. The first-order valence-electron chi connectivity index (χ1n) is 14.6.